The van der Waals surface area contributed by atoms with E-state index in [4.69, 9.17) is 10.5 Å². The molecule has 0 saturated heterocycles. The molecule has 2 rings (SSSR count). The van der Waals surface area contributed by atoms with E-state index in [0.717, 1.165) is 4.47 Å². The molecule has 0 radical (unpaired) electrons. The number of methoxy groups -OCH3 is 1. The van der Waals surface area contributed by atoms with Gasteiger partial charge in [0.25, 0.3) is 5.91 Å². The van der Waals surface area contributed by atoms with Gasteiger partial charge in [-0.2, -0.15) is 0 Å². The summed E-state index contributed by atoms with van der Waals surface area (Å²) in [7, 11) is 1.58. The van der Waals surface area contributed by atoms with Crippen LogP contribution in [0.5, 0.6) is 5.75 Å². The summed E-state index contributed by atoms with van der Waals surface area (Å²) < 4.78 is 5.89. The standard InChI is InChI=1S/C13H12BrN3O2/c1-19-11-3-2-9(7-10(11)14)17-13(18)8-4-5-16-12(15)6-8/h2-7H,1H3,(H2,15,16)(H,17,18). The number of nitrogens with one attached hydrogen (secondary N) is 1. The van der Waals surface area contributed by atoms with Crippen LogP contribution < -0.4 is 15.8 Å². The lowest BCUT2D eigenvalue weighted by Crippen LogP contribution is -2.12. The molecule has 0 aliphatic heterocycles. The molecule has 0 spiro atoms. The van der Waals surface area contributed by atoms with Crippen molar-refractivity contribution in [2.24, 2.45) is 0 Å². The molecule has 1 amide bonds. The molecule has 0 aliphatic carbocycles. The summed E-state index contributed by atoms with van der Waals surface area (Å²) in [6.07, 6.45) is 1.49. The zero-order valence-corrected chi connectivity index (χ0v) is 11.8. The molecule has 0 fully saturated rings. The number of aromatic nitrogens is 1. The Bertz CT molecular complexity index is 617. The SMILES string of the molecule is COc1ccc(NC(=O)c2ccnc(N)c2)cc1Br. The van der Waals surface area contributed by atoms with Crippen molar-refractivity contribution in [3.05, 3.63) is 46.6 Å². The summed E-state index contributed by atoms with van der Waals surface area (Å²) in [6, 6.07) is 8.41. The number of amides is 1. The fourth-order valence-corrected chi connectivity index (χ4v) is 2.08. The lowest BCUT2D eigenvalue weighted by molar-refractivity contribution is 0.102. The van der Waals surface area contributed by atoms with E-state index in [1.807, 2.05) is 0 Å². The third kappa shape index (κ3) is 3.23. The first-order chi connectivity index (χ1) is 9.10. The second kappa shape index (κ2) is 5.71. The number of hydrogen-bond donors (Lipinski definition) is 2. The lowest BCUT2D eigenvalue weighted by atomic mass is 10.2. The Morgan fingerprint density at radius 1 is 1.37 bits per heavy atom. The zero-order valence-electron chi connectivity index (χ0n) is 10.2. The van der Waals surface area contributed by atoms with Gasteiger partial charge < -0.3 is 15.8 Å². The van der Waals surface area contributed by atoms with Crippen molar-refractivity contribution in [2.45, 2.75) is 0 Å². The van der Waals surface area contributed by atoms with Gasteiger partial charge in [-0.1, -0.05) is 0 Å². The molecule has 6 heteroatoms. The Labute approximate surface area is 118 Å². The van der Waals surface area contributed by atoms with Gasteiger partial charge in [0, 0.05) is 17.4 Å². The first kappa shape index (κ1) is 13.4. The highest BCUT2D eigenvalue weighted by atomic mass is 79.9. The predicted octanol–water partition coefficient (Wildman–Crippen LogP) is 2.69. The molecule has 1 aromatic heterocycles. The van der Waals surface area contributed by atoms with Crippen LogP contribution in [0.4, 0.5) is 11.5 Å². The fourth-order valence-electron chi connectivity index (χ4n) is 1.54. The van der Waals surface area contributed by atoms with Crippen molar-refractivity contribution in [2.75, 3.05) is 18.2 Å². The van der Waals surface area contributed by atoms with Crippen LogP contribution in [-0.2, 0) is 0 Å². The highest BCUT2D eigenvalue weighted by Crippen LogP contribution is 2.27. The van der Waals surface area contributed by atoms with Crippen molar-refractivity contribution in [1.29, 1.82) is 0 Å². The monoisotopic (exact) mass is 321 g/mol. The van der Waals surface area contributed by atoms with E-state index in [9.17, 15) is 4.79 Å². The maximum Gasteiger partial charge on any atom is 0.255 e. The van der Waals surface area contributed by atoms with Crippen molar-refractivity contribution >= 4 is 33.3 Å². The molecule has 19 heavy (non-hydrogen) atoms. The first-order valence-electron chi connectivity index (χ1n) is 5.46. The second-order valence-electron chi connectivity index (χ2n) is 3.77. The van der Waals surface area contributed by atoms with Gasteiger partial charge in [-0.05, 0) is 46.3 Å². The van der Waals surface area contributed by atoms with Gasteiger partial charge >= 0.3 is 0 Å². The number of carbonyl (C=O) groups excluding carboxylic acids is 1. The molecular formula is C13H12BrN3O2. The number of nitrogens with zero attached hydrogens (tertiary/aromatic N) is 1. The maximum absolute atomic E-state index is 12.0. The number of benzene rings is 1. The average molecular weight is 322 g/mol. The van der Waals surface area contributed by atoms with Crippen molar-refractivity contribution < 1.29 is 9.53 Å². The van der Waals surface area contributed by atoms with Gasteiger partial charge in [0.2, 0.25) is 0 Å². The van der Waals surface area contributed by atoms with E-state index in [2.05, 4.69) is 26.2 Å². The van der Waals surface area contributed by atoms with Gasteiger partial charge in [-0.25, -0.2) is 4.98 Å². The molecule has 0 saturated carbocycles. The molecule has 3 N–H and O–H groups in total. The predicted molar refractivity (Wildman–Crippen MR) is 77.3 cm³/mol. The number of pyridine rings is 1. The van der Waals surface area contributed by atoms with E-state index in [1.54, 1.807) is 31.4 Å². The fraction of sp³-hybridized carbons (Fsp3) is 0.0769. The quantitative estimate of drug-likeness (QED) is 0.911. The number of nitrogen functional groups attached to an aromatic ring is 1. The van der Waals surface area contributed by atoms with Crippen LogP contribution in [-0.4, -0.2) is 18.0 Å². The minimum atomic E-state index is -0.244. The van der Waals surface area contributed by atoms with E-state index in [-0.39, 0.29) is 5.91 Å². The lowest BCUT2D eigenvalue weighted by Gasteiger charge is -2.08. The number of nitrogens with two attached hydrogens (primary N) is 1. The summed E-state index contributed by atoms with van der Waals surface area (Å²) in [5.41, 5.74) is 6.65. The van der Waals surface area contributed by atoms with Crippen LogP contribution in [0.3, 0.4) is 0 Å². The van der Waals surface area contributed by atoms with E-state index in [1.165, 1.54) is 12.3 Å². The molecule has 1 aromatic carbocycles. The minimum Gasteiger partial charge on any atom is -0.496 e. The normalized spacial score (nSPS) is 10.0. The second-order valence-corrected chi connectivity index (χ2v) is 4.63. The number of halogens is 1. The van der Waals surface area contributed by atoms with Gasteiger partial charge in [-0.3, -0.25) is 4.79 Å². The highest BCUT2D eigenvalue weighted by Gasteiger charge is 2.08. The number of hydrogen-bond acceptors (Lipinski definition) is 4. The van der Waals surface area contributed by atoms with Gasteiger partial charge in [0.1, 0.15) is 11.6 Å². The maximum atomic E-state index is 12.0. The number of rotatable bonds is 3. The molecule has 0 aliphatic rings. The van der Waals surface area contributed by atoms with Crippen LogP contribution in [0.15, 0.2) is 41.0 Å². The van der Waals surface area contributed by atoms with E-state index >= 15 is 0 Å². The number of anilines is 2. The average Bonchev–Trinajstić information content (AvgIpc) is 2.39. The van der Waals surface area contributed by atoms with Crippen LogP contribution in [0.1, 0.15) is 10.4 Å². The molecule has 0 bridgehead atoms. The van der Waals surface area contributed by atoms with Gasteiger partial charge in [0.05, 0.1) is 11.6 Å². The van der Waals surface area contributed by atoms with Crippen LogP contribution in [0.25, 0.3) is 0 Å². The van der Waals surface area contributed by atoms with Gasteiger partial charge in [-0.15, -0.1) is 0 Å². The summed E-state index contributed by atoms with van der Waals surface area (Å²) in [4.78, 5) is 15.8. The summed E-state index contributed by atoms with van der Waals surface area (Å²) in [5, 5.41) is 2.77. The Morgan fingerprint density at radius 3 is 2.79 bits per heavy atom. The molecule has 0 atom stereocenters. The number of ether oxygens (including phenoxy) is 1. The van der Waals surface area contributed by atoms with E-state index in [0.29, 0.717) is 22.8 Å². The minimum absolute atomic E-state index is 0.244. The van der Waals surface area contributed by atoms with Crippen molar-refractivity contribution in [3.63, 3.8) is 0 Å². The molecule has 2 aromatic rings. The Morgan fingerprint density at radius 2 is 2.16 bits per heavy atom. The first-order valence-corrected chi connectivity index (χ1v) is 6.26. The Kier molecular flexibility index (Phi) is 4.01. The summed E-state index contributed by atoms with van der Waals surface area (Å²) in [5.74, 6) is 0.765. The molecule has 1 heterocycles. The highest BCUT2D eigenvalue weighted by molar-refractivity contribution is 9.10. The van der Waals surface area contributed by atoms with Gasteiger partial charge in [0.15, 0.2) is 0 Å². The largest absolute Gasteiger partial charge is 0.496 e. The summed E-state index contributed by atoms with van der Waals surface area (Å²) >= 11 is 3.36. The smallest absolute Gasteiger partial charge is 0.255 e. The van der Waals surface area contributed by atoms with Crippen molar-refractivity contribution in [1.82, 2.24) is 4.98 Å². The molecular weight excluding hydrogens is 310 g/mol. The van der Waals surface area contributed by atoms with Crippen LogP contribution >= 0.6 is 15.9 Å². The molecule has 5 nitrogen and oxygen atoms in total. The molecule has 98 valence electrons. The van der Waals surface area contributed by atoms with Crippen LogP contribution in [0, 0.1) is 0 Å². The topological polar surface area (TPSA) is 77.2 Å². The Hall–Kier alpha value is -2.08. The summed E-state index contributed by atoms with van der Waals surface area (Å²) in [6.45, 7) is 0. The van der Waals surface area contributed by atoms with Crippen LogP contribution in [0.2, 0.25) is 0 Å². The molecule has 0 unspecified atom stereocenters. The third-order valence-electron chi connectivity index (χ3n) is 2.45. The zero-order chi connectivity index (χ0) is 13.8. The Balaban J connectivity index is 2.17. The third-order valence-corrected chi connectivity index (χ3v) is 3.07. The van der Waals surface area contributed by atoms with E-state index < -0.39 is 0 Å². The van der Waals surface area contributed by atoms with Crippen molar-refractivity contribution in [3.8, 4) is 5.75 Å². The number of carbonyl (C=O) groups is 1.